The highest BCUT2D eigenvalue weighted by Gasteiger charge is 2.16. The van der Waals surface area contributed by atoms with Crippen LogP contribution in [0.15, 0.2) is 0 Å². The molecule has 0 aliphatic carbocycles. The number of nitrogens with zero attached hydrogens (tertiary/aromatic N) is 1. The van der Waals surface area contributed by atoms with Crippen molar-refractivity contribution in [3.63, 3.8) is 0 Å². The van der Waals surface area contributed by atoms with Crippen molar-refractivity contribution in [3.8, 4) is 0 Å². The van der Waals surface area contributed by atoms with Crippen molar-refractivity contribution in [1.82, 2.24) is 5.06 Å². The number of hydrogen-bond donors (Lipinski definition) is 0. The van der Waals surface area contributed by atoms with Gasteiger partial charge in [-0.2, -0.15) is 0 Å². The third kappa shape index (κ3) is 44.9. The minimum absolute atomic E-state index is 0.0611. The van der Waals surface area contributed by atoms with E-state index >= 15 is 0 Å². The Bertz CT molecular complexity index is 266. The third-order valence-corrected chi connectivity index (χ3v) is 2.00. The molecule has 0 bridgehead atoms. The molecule has 0 heterocycles. The van der Waals surface area contributed by atoms with E-state index in [-0.39, 0.29) is 17.6 Å². The fourth-order valence-corrected chi connectivity index (χ4v) is 1.03. The Hall–Kier alpha value is -0.970. The Morgan fingerprint density at radius 1 is 1.13 bits per heavy atom. The van der Waals surface area contributed by atoms with E-state index in [1.54, 1.807) is 7.05 Å². The molecule has 142 valence electrons. The summed E-state index contributed by atoms with van der Waals surface area (Å²) in [5.74, 6) is 0.306. The first-order valence-corrected chi connectivity index (χ1v) is 8.03. The number of ketones is 1. The van der Waals surface area contributed by atoms with Crippen LogP contribution in [-0.2, 0) is 14.4 Å². The highest BCUT2D eigenvalue weighted by Crippen LogP contribution is 2.10. The maximum atomic E-state index is 11.4. The van der Waals surface area contributed by atoms with Crippen LogP contribution in [-0.4, -0.2) is 38.1 Å². The number of rotatable bonds is 5. The molecule has 0 spiro atoms. The molecule has 1 atom stereocenters. The molecule has 0 aromatic heterocycles. The molecule has 0 aliphatic rings. The second-order valence-corrected chi connectivity index (χ2v) is 6.97. The van der Waals surface area contributed by atoms with E-state index in [2.05, 4.69) is 34.6 Å². The van der Waals surface area contributed by atoms with Crippen LogP contribution in [0.25, 0.3) is 0 Å². The van der Waals surface area contributed by atoms with E-state index in [1.807, 2.05) is 6.92 Å². The van der Waals surface area contributed by atoms with Crippen LogP contribution in [0.5, 0.6) is 0 Å². The SMILES string of the molecule is CC(C)(C)C.CC(C)=O.CCCC[C@H](C)C(=O)N(C)OC.CF. The molecule has 0 aliphatic heterocycles. The molecule has 23 heavy (non-hydrogen) atoms. The van der Waals surface area contributed by atoms with Crippen LogP contribution in [0.1, 0.15) is 74.7 Å². The van der Waals surface area contributed by atoms with Gasteiger partial charge < -0.3 is 4.79 Å². The number of hydroxylamine groups is 2. The number of carbonyl (C=O) groups excluding carboxylic acids is 2. The number of amides is 1. The minimum atomic E-state index is 0.0611. The van der Waals surface area contributed by atoms with Gasteiger partial charge in [0.2, 0.25) is 5.91 Å². The lowest BCUT2D eigenvalue weighted by atomic mass is 10.0. The topological polar surface area (TPSA) is 46.6 Å². The van der Waals surface area contributed by atoms with Crippen molar-refractivity contribution in [2.45, 2.75) is 74.7 Å². The van der Waals surface area contributed by atoms with E-state index in [0.29, 0.717) is 12.6 Å². The summed E-state index contributed by atoms with van der Waals surface area (Å²) in [6, 6.07) is 0. The molecule has 5 heteroatoms. The first kappa shape index (κ1) is 30.0. The summed E-state index contributed by atoms with van der Waals surface area (Å²) >= 11 is 0. The molecule has 4 nitrogen and oxygen atoms in total. The Morgan fingerprint density at radius 2 is 1.43 bits per heavy atom. The lowest BCUT2D eigenvalue weighted by Gasteiger charge is -2.18. The lowest BCUT2D eigenvalue weighted by Crippen LogP contribution is -2.30. The molecule has 0 radical (unpaired) electrons. The van der Waals surface area contributed by atoms with E-state index in [9.17, 15) is 14.0 Å². The van der Waals surface area contributed by atoms with Crippen molar-refractivity contribution in [1.29, 1.82) is 0 Å². The van der Waals surface area contributed by atoms with Gasteiger partial charge in [-0.25, -0.2) is 5.06 Å². The average Bonchev–Trinajstić information content (AvgIpc) is 2.42. The van der Waals surface area contributed by atoms with E-state index in [4.69, 9.17) is 4.84 Å². The van der Waals surface area contributed by atoms with E-state index in [0.717, 1.165) is 19.3 Å². The monoisotopic (exact) mass is 337 g/mol. The number of hydrogen-bond acceptors (Lipinski definition) is 3. The molecular weight excluding hydrogens is 297 g/mol. The first-order chi connectivity index (χ1) is 10.4. The van der Waals surface area contributed by atoms with Gasteiger partial charge in [0.25, 0.3) is 0 Å². The smallest absolute Gasteiger partial charge is 0.248 e. The Labute approximate surface area is 143 Å². The molecule has 0 unspecified atom stereocenters. The average molecular weight is 338 g/mol. The van der Waals surface area contributed by atoms with Gasteiger partial charge in [-0.1, -0.05) is 54.4 Å². The molecule has 0 fully saturated rings. The van der Waals surface area contributed by atoms with Gasteiger partial charge in [-0.15, -0.1) is 0 Å². The van der Waals surface area contributed by atoms with E-state index in [1.165, 1.54) is 26.0 Å². The summed E-state index contributed by atoms with van der Waals surface area (Å²) < 4.78 is 9.50. The molecule has 0 aromatic rings. The van der Waals surface area contributed by atoms with Crippen molar-refractivity contribution >= 4 is 11.7 Å². The standard InChI is InChI=1S/C9H19NO2.C5H12.C3H6O.CH3F/c1-5-6-7-8(2)9(11)10(3)12-4;1-5(2,3)4;1-3(2)4;1-2/h8H,5-7H2,1-4H3;1-4H3;1-2H3;1H3/t8-;;;/m0.../s1. The molecular formula is C18H40FNO3. The number of Topliss-reactive ketones (excluding diaryl/α,β-unsaturated/α-hetero) is 1. The molecule has 0 rings (SSSR count). The Kier molecular flexibility index (Phi) is 24.9. The zero-order valence-electron chi connectivity index (χ0n) is 17.2. The fourth-order valence-electron chi connectivity index (χ4n) is 1.03. The molecule has 0 aromatic carbocycles. The van der Waals surface area contributed by atoms with Gasteiger partial charge in [0, 0.05) is 13.0 Å². The first-order valence-electron chi connectivity index (χ1n) is 8.03. The maximum absolute atomic E-state index is 11.4. The van der Waals surface area contributed by atoms with Gasteiger partial charge in [0.05, 0.1) is 14.3 Å². The minimum Gasteiger partial charge on any atom is -0.300 e. The second kappa shape index (κ2) is 19.1. The second-order valence-electron chi connectivity index (χ2n) is 6.97. The molecule has 0 N–H and O–H groups in total. The number of carbonyl (C=O) groups is 2. The molecule has 0 saturated heterocycles. The summed E-state index contributed by atoms with van der Waals surface area (Å²) in [5.41, 5.74) is 0.500. The largest absolute Gasteiger partial charge is 0.300 e. The van der Waals surface area contributed by atoms with Crippen LogP contribution in [0.3, 0.4) is 0 Å². The van der Waals surface area contributed by atoms with Gasteiger partial charge in [-0.3, -0.25) is 14.0 Å². The van der Waals surface area contributed by atoms with E-state index < -0.39 is 0 Å². The highest BCUT2D eigenvalue weighted by molar-refractivity contribution is 5.77. The van der Waals surface area contributed by atoms with Crippen molar-refractivity contribution < 1.29 is 18.8 Å². The fraction of sp³-hybridized carbons (Fsp3) is 0.889. The molecule has 1 amide bonds. The summed E-state index contributed by atoms with van der Waals surface area (Å²) in [7, 11) is 3.65. The maximum Gasteiger partial charge on any atom is 0.248 e. The predicted octanol–water partition coefficient (Wildman–Crippen LogP) is 5.07. The van der Waals surface area contributed by atoms with Crippen molar-refractivity contribution in [2.24, 2.45) is 11.3 Å². The normalized spacial score (nSPS) is 10.6. The van der Waals surface area contributed by atoms with Crippen LogP contribution < -0.4 is 0 Å². The highest BCUT2D eigenvalue weighted by atomic mass is 19.1. The number of halogens is 1. The quantitative estimate of drug-likeness (QED) is 0.658. The van der Waals surface area contributed by atoms with Gasteiger partial charge in [-0.05, 0) is 25.7 Å². The lowest BCUT2D eigenvalue weighted by molar-refractivity contribution is -0.173. The zero-order chi connectivity index (χ0) is 19.6. The summed E-state index contributed by atoms with van der Waals surface area (Å²) in [5, 5.41) is 1.29. The predicted molar refractivity (Wildman–Crippen MR) is 97.0 cm³/mol. The van der Waals surface area contributed by atoms with Crippen LogP contribution >= 0.6 is 0 Å². The molecule has 0 saturated carbocycles. The summed E-state index contributed by atoms with van der Waals surface area (Å²) in [4.78, 5) is 25.6. The van der Waals surface area contributed by atoms with Crippen LogP contribution in [0.4, 0.5) is 4.39 Å². The number of unbranched alkanes of at least 4 members (excludes halogenated alkanes) is 1. The van der Waals surface area contributed by atoms with Gasteiger partial charge >= 0.3 is 0 Å². The van der Waals surface area contributed by atoms with Crippen molar-refractivity contribution in [3.05, 3.63) is 0 Å². The Morgan fingerprint density at radius 3 is 1.65 bits per heavy atom. The van der Waals surface area contributed by atoms with Crippen LogP contribution in [0, 0.1) is 11.3 Å². The van der Waals surface area contributed by atoms with Crippen molar-refractivity contribution in [2.75, 3.05) is 21.3 Å². The summed E-state index contributed by atoms with van der Waals surface area (Å²) in [6.45, 7) is 15.9. The summed E-state index contributed by atoms with van der Waals surface area (Å²) in [6.07, 6.45) is 3.18. The van der Waals surface area contributed by atoms with Crippen LogP contribution in [0.2, 0.25) is 0 Å². The van der Waals surface area contributed by atoms with Gasteiger partial charge in [0.1, 0.15) is 5.78 Å². The Balaban J connectivity index is -0.000000136. The third-order valence-electron chi connectivity index (χ3n) is 2.00. The van der Waals surface area contributed by atoms with Gasteiger partial charge in [0.15, 0.2) is 0 Å². The number of alkyl halides is 1. The zero-order valence-corrected chi connectivity index (χ0v) is 17.2.